The van der Waals surface area contributed by atoms with E-state index < -0.39 is 0 Å². The molecule has 5 aromatic rings. The summed E-state index contributed by atoms with van der Waals surface area (Å²) in [5, 5.41) is 17.3. The van der Waals surface area contributed by atoms with Gasteiger partial charge in [-0.2, -0.15) is 0 Å². The molecule has 0 radical (unpaired) electrons. The first kappa shape index (κ1) is 13.9. The van der Waals surface area contributed by atoms with Crippen molar-refractivity contribution >= 4 is 33.1 Å². The van der Waals surface area contributed by atoms with Crippen molar-refractivity contribution in [2.24, 2.45) is 0 Å². The standard InChI is InChI=1S/C19H13N3O3/c1-9-14(24)7-6-12-16-18(25-17(9)12)15(10-2-4-11(23)5-3-10)13-8-20-22-19(13)21-16/h2-8,23H,1H3,(H2,20,21,22). The van der Waals surface area contributed by atoms with Crippen LogP contribution in [0.5, 0.6) is 5.75 Å². The SMILES string of the molecule is Cc1c(=O)ccc2c1oc1c(-c3ccc(O)cc3)c3c[nH][nH]c3nc12. The van der Waals surface area contributed by atoms with Crippen LogP contribution in [0.2, 0.25) is 0 Å². The molecule has 0 saturated carbocycles. The van der Waals surface area contributed by atoms with Gasteiger partial charge in [-0.15, -0.1) is 0 Å². The summed E-state index contributed by atoms with van der Waals surface area (Å²) in [4.78, 5) is 16.6. The minimum absolute atomic E-state index is 0.0587. The van der Waals surface area contributed by atoms with Crippen molar-refractivity contribution in [2.45, 2.75) is 6.92 Å². The van der Waals surface area contributed by atoms with Crippen LogP contribution in [0, 0.1) is 6.92 Å². The molecule has 0 spiro atoms. The number of furan rings is 1. The number of benzene rings is 2. The van der Waals surface area contributed by atoms with E-state index in [0.717, 1.165) is 21.9 Å². The molecule has 0 bridgehead atoms. The fourth-order valence-corrected chi connectivity index (χ4v) is 3.28. The fraction of sp³-hybridized carbons (Fsp3) is 0.0526. The number of rotatable bonds is 1. The third-order valence-electron chi connectivity index (χ3n) is 4.57. The average Bonchev–Trinajstić information content (AvgIpc) is 3.22. The smallest absolute Gasteiger partial charge is 0.185 e. The van der Waals surface area contributed by atoms with Crippen LogP contribution in [0.3, 0.4) is 0 Å². The topological polar surface area (TPSA) is 94.9 Å². The number of phenolic OH excluding ortho intramolecular Hbond substituents is 1. The summed E-state index contributed by atoms with van der Waals surface area (Å²) in [5.41, 5.74) is 4.84. The van der Waals surface area contributed by atoms with Crippen molar-refractivity contribution in [3.05, 3.63) is 58.4 Å². The van der Waals surface area contributed by atoms with E-state index in [1.807, 2.05) is 18.3 Å². The lowest BCUT2D eigenvalue weighted by Crippen LogP contribution is -2.01. The van der Waals surface area contributed by atoms with Gasteiger partial charge in [-0.05, 0) is 36.8 Å². The number of aryl methyl sites for hydroxylation is 1. The molecule has 2 aromatic carbocycles. The number of aromatic nitrogens is 3. The minimum Gasteiger partial charge on any atom is -0.508 e. The van der Waals surface area contributed by atoms with Gasteiger partial charge in [0.05, 0.1) is 0 Å². The zero-order chi connectivity index (χ0) is 17.1. The molecule has 0 fully saturated rings. The van der Waals surface area contributed by atoms with E-state index in [1.54, 1.807) is 31.2 Å². The molecule has 0 aliphatic rings. The van der Waals surface area contributed by atoms with E-state index in [-0.39, 0.29) is 11.2 Å². The Hall–Kier alpha value is -3.54. The molecule has 3 N–H and O–H groups in total. The monoisotopic (exact) mass is 331 g/mol. The number of pyridine rings is 1. The van der Waals surface area contributed by atoms with Gasteiger partial charge in [0.2, 0.25) is 0 Å². The second kappa shape index (κ2) is 4.73. The molecule has 122 valence electrons. The molecule has 25 heavy (non-hydrogen) atoms. The van der Waals surface area contributed by atoms with Crippen molar-refractivity contribution < 1.29 is 9.52 Å². The number of H-pyrrole nitrogens is 2. The maximum Gasteiger partial charge on any atom is 0.185 e. The van der Waals surface area contributed by atoms with Crippen LogP contribution in [0.15, 0.2) is 51.8 Å². The largest absolute Gasteiger partial charge is 0.508 e. The summed E-state index contributed by atoms with van der Waals surface area (Å²) >= 11 is 0. The number of nitrogens with zero attached hydrogens (tertiary/aromatic N) is 1. The summed E-state index contributed by atoms with van der Waals surface area (Å²) in [6.45, 7) is 1.76. The molecule has 6 heteroatoms. The first-order valence-electron chi connectivity index (χ1n) is 7.84. The van der Waals surface area contributed by atoms with Crippen LogP contribution in [-0.4, -0.2) is 20.3 Å². The number of hydrogen-bond donors (Lipinski definition) is 3. The molecular weight excluding hydrogens is 318 g/mol. The Morgan fingerprint density at radius 3 is 2.64 bits per heavy atom. The van der Waals surface area contributed by atoms with E-state index in [4.69, 9.17) is 4.42 Å². The molecule has 0 aliphatic carbocycles. The second-order valence-corrected chi connectivity index (χ2v) is 6.05. The summed E-state index contributed by atoms with van der Waals surface area (Å²) < 4.78 is 6.10. The maximum atomic E-state index is 12.0. The lowest BCUT2D eigenvalue weighted by molar-refractivity contribution is 0.475. The van der Waals surface area contributed by atoms with E-state index >= 15 is 0 Å². The molecule has 3 aromatic heterocycles. The van der Waals surface area contributed by atoms with Crippen molar-refractivity contribution in [1.29, 1.82) is 0 Å². The third-order valence-corrected chi connectivity index (χ3v) is 4.57. The second-order valence-electron chi connectivity index (χ2n) is 6.05. The van der Waals surface area contributed by atoms with Gasteiger partial charge >= 0.3 is 0 Å². The van der Waals surface area contributed by atoms with Crippen molar-refractivity contribution in [1.82, 2.24) is 15.2 Å². The average molecular weight is 331 g/mol. The van der Waals surface area contributed by atoms with Gasteiger partial charge in [0.1, 0.15) is 16.8 Å². The first-order chi connectivity index (χ1) is 12.1. The van der Waals surface area contributed by atoms with Gasteiger partial charge in [0.15, 0.2) is 16.7 Å². The quantitative estimate of drug-likeness (QED) is 0.435. The predicted octanol–water partition coefficient (Wildman–Crippen LogP) is 3.83. The Morgan fingerprint density at radius 2 is 1.84 bits per heavy atom. The fourth-order valence-electron chi connectivity index (χ4n) is 3.28. The summed E-state index contributed by atoms with van der Waals surface area (Å²) in [7, 11) is 0. The molecule has 6 nitrogen and oxygen atoms in total. The van der Waals surface area contributed by atoms with Gasteiger partial charge in [-0.3, -0.25) is 9.89 Å². The van der Waals surface area contributed by atoms with Crippen LogP contribution in [0.1, 0.15) is 5.56 Å². The highest BCUT2D eigenvalue weighted by atomic mass is 16.3. The first-order valence-corrected chi connectivity index (χ1v) is 7.84. The van der Waals surface area contributed by atoms with Gasteiger partial charge in [-0.1, -0.05) is 12.1 Å². The summed E-state index contributed by atoms with van der Waals surface area (Å²) in [5.74, 6) is 0.197. The lowest BCUT2D eigenvalue weighted by atomic mass is 10.0. The van der Waals surface area contributed by atoms with Crippen molar-refractivity contribution in [3.8, 4) is 16.9 Å². The molecule has 5 rings (SSSR count). The Bertz CT molecular complexity index is 1320. The number of phenols is 1. The Balaban J connectivity index is 2.02. The molecule has 0 unspecified atom stereocenters. The van der Waals surface area contributed by atoms with Crippen molar-refractivity contribution in [3.63, 3.8) is 0 Å². The van der Waals surface area contributed by atoms with E-state index in [2.05, 4.69) is 15.2 Å². The predicted molar refractivity (Wildman–Crippen MR) is 95.8 cm³/mol. The van der Waals surface area contributed by atoms with Gasteiger partial charge in [0.25, 0.3) is 0 Å². The van der Waals surface area contributed by atoms with Gasteiger partial charge in [0, 0.05) is 28.1 Å². The van der Waals surface area contributed by atoms with Crippen LogP contribution >= 0.6 is 0 Å². The van der Waals surface area contributed by atoms with Gasteiger partial charge in [-0.25, -0.2) is 4.98 Å². The Kier molecular flexibility index (Phi) is 2.62. The van der Waals surface area contributed by atoms with Crippen LogP contribution < -0.4 is 5.43 Å². The minimum atomic E-state index is -0.0587. The zero-order valence-corrected chi connectivity index (χ0v) is 13.3. The van der Waals surface area contributed by atoms with Crippen LogP contribution in [-0.2, 0) is 0 Å². The number of nitrogens with one attached hydrogen (secondary N) is 2. The number of aromatic amines is 2. The lowest BCUT2D eigenvalue weighted by Gasteiger charge is -2.04. The van der Waals surface area contributed by atoms with E-state index in [0.29, 0.717) is 27.9 Å². The van der Waals surface area contributed by atoms with Gasteiger partial charge < -0.3 is 14.6 Å². The summed E-state index contributed by atoms with van der Waals surface area (Å²) in [6.07, 6.45) is 1.82. The highest BCUT2D eigenvalue weighted by Gasteiger charge is 2.20. The highest BCUT2D eigenvalue weighted by molar-refractivity contribution is 6.14. The third kappa shape index (κ3) is 1.85. The molecule has 0 saturated heterocycles. The Labute approximate surface area is 140 Å². The highest BCUT2D eigenvalue weighted by Crippen LogP contribution is 2.39. The number of hydrogen-bond acceptors (Lipinski definition) is 4. The van der Waals surface area contributed by atoms with Crippen LogP contribution in [0.25, 0.3) is 44.2 Å². The molecule has 3 heterocycles. The molecular formula is C19H13N3O3. The maximum absolute atomic E-state index is 12.0. The van der Waals surface area contributed by atoms with Crippen molar-refractivity contribution in [2.75, 3.05) is 0 Å². The molecule has 0 aliphatic heterocycles. The van der Waals surface area contributed by atoms with E-state index in [1.165, 1.54) is 0 Å². The Morgan fingerprint density at radius 1 is 1.04 bits per heavy atom. The normalized spacial score (nSPS) is 11.7. The van der Waals surface area contributed by atoms with Crippen LogP contribution in [0.4, 0.5) is 0 Å². The molecule has 0 amide bonds. The summed E-state index contributed by atoms with van der Waals surface area (Å²) in [6, 6.07) is 10.2. The number of aromatic hydroxyl groups is 1. The van der Waals surface area contributed by atoms with E-state index in [9.17, 15) is 9.90 Å². The number of fused-ring (bicyclic) bond motifs is 4. The zero-order valence-electron chi connectivity index (χ0n) is 13.3. The molecule has 0 atom stereocenters.